The maximum absolute atomic E-state index is 13.9. The zero-order valence-electron chi connectivity index (χ0n) is 12.0. The zero-order chi connectivity index (χ0) is 14.8. The van der Waals surface area contributed by atoms with Gasteiger partial charge in [0, 0.05) is 38.3 Å². The van der Waals surface area contributed by atoms with Crippen molar-refractivity contribution >= 4 is 10.0 Å². The van der Waals surface area contributed by atoms with Crippen molar-refractivity contribution in [1.82, 2.24) is 9.21 Å². The highest BCUT2D eigenvalue weighted by atomic mass is 32.2. The summed E-state index contributed by atoms with van der Waals surface area (Å²) in [6.45, 7) is 6.22. The van der Waals surface area contributed by atoms with Gasteiger partial charge < -0.3 is 0 Å². The molecule has 0 aromatic heterocycles. The molecule has 1 aromatic carbocycles. The lowest BCUT2D eigenvalue weighted by atomic mass is 10.1. The van der Waals surface area contributed by atoms with Gasteiger partial charge in [0.25, 0.3) is 0 Å². The third-order valence-electron chi connectivity index (χ3n) is 3.76. The quantitative estimate of drug-likeness (QED) is 0.848. The largest absolute Gasteiger partial charge is 0.296 e. The van der Waals surface area contributed by atoms with Gasteiger partial charge in [-0.2, -0.15) is 4.31 Å². The molecule has 1 aromatic rings. The standard InChI is InChI=1S/C14H21FN2O2S/c1-3-20(18,19)17-9-7-16(8-10-17)11-13-6-4-5-12(2)14(13)15/h4-6H,3,7-11H2,1-2H3. The van der Waals surface area contributed by atoms with Crippen molar-refractivity contribution in [3.8, 4) is 0 Å². The summed E-state index contributed by atoms with van der Waals surface area (Å²) in [5, 5.41) is 0. The molecule has 4 nitrogen and oxygen atoms in total. The van der Waals surface area contributed by atoms with Gasteiger partial charge in [0.05, 0.1) is 5.75 Å². The normalized spacial score (nSPS) is 18.4. The molecule has 1 fully saturated rings. The molecule has 20 heavy (non-hydrogen) atoms. The van der Waals surface area contributed by atoms with Crippen LogP contribution in [0.1, 0.15) is 18.1 Å². The second-order valence-corrected chi connectivity index (χ2v) is 7.38. The van der Waals surface area contributed by atoms with E-state index < -0.39 is 10.0 Å². The molecule has 0 amide bonds. The Hall–Kier alpha value is -0.980. The number of aryl methyl sites for hydroxylation is 1. The number of hydrogen-bond acceptors (Lipinski definition) is 3. The molecule has 0 aliphatic carbocycles. The molecule has 0 radical (unpaired) electrons. The fourth-order valence-corrected chi connectivity index (χ4v) is 3.50. The number of sulfonamides is 1. The van der Waals surface area contributed by atoms with Crippen molar-refractivity contribution in [3.05, 3.63) is 35.1 Å². The van der Waals surface area contributed by atoms with Gasteiger partial charge in [-0.15, -0.1) is 0 Å². The van der Waals surface area contributed by atoms with Crippen molar-refractivity contribution in [2.24, 2.45) is 0 Å². The summed E-state index contributed by atoms with van der Waals surface area (Å²) < 4.78 is 39.0. The second-order valence-electron chi connectivity index (χ2n) is 5.12. The molecule has 0 unspecified atom stereocenters. The van der Waals surface area contributed by atoms with E-state index >= 15 is 0 Å². The van der Waals surface area contributed by atoms with Crippen molar-refractivity contribution in [3.63, 3.8) is 0 Å². The van der Waals surface area contributed by atoms with Crippen LogP contribution in [-0.2, 0) is 16.6 Å². The Bertz CT molecular complexity index is 567. The molecule has 0 saturated carbocycles. The first kappa shape index (κ1) is 15.4. The molecule has 112 valence electrons. The maximum atomic E-state index is 13.9. The molecule has 1 saturated heterocycles. The molecule has 0 spiro atoms. The second kappa shape index (κ2) is 6.20. The van der Waals surface area contributed by atoms with E-state index in [4.69, 9.17) is 0 Å². The zero-order valence-corrected chi connectivity index (χ0v) is 12.8. The van der Waals surface area contributed by atoms with Crippen LogP contribution in [0.15, 0.2) is 18.2 Å². The first-order chi connectivity index (χ1) is 9.44. The van der Waals surface area contributed by atoms with Crippen LogP contribution < -0.4 is 0 Å². The lowest BCUT2D eigenvalue weighted by Gasteiger charge is -2.33. The van der Waals surface area contributed by atoms with Crippen LogP contribution in [0.25, 0.3) is 0 Å². The highest BCUT2D eigenvalue weighted by Crippen LogP contribution is 2.16. The van der Waals surface area contributed by atoms with Gasteiger partial charge >= 0.3 is 0 Å². The first-order valence-electron chi connectivity index (χ1n) is 6.88. The summed E-state index contributed by atoms with van der Waals surface area (Å²) in [6.07, 6.45) is 0. The minimum atomic E-state index is -3.10. The fourth-order valence-electron chi connectivity index (χ4n) is 2.42. The molecular weight excluding hydrogens is 279 g/mol. The summed E-state index contributed by atoms with van der Waals surface area (Å²) in [6, 6.07) is 5.40. The smallest absolute Gasteiger partial charge is 0.213 e. The molecule has 0 bridgehead atoms. The Balaban J connectivity index is 1.97. The number of nitrogens with zero attached hydrogens (tertiary/aromatic N) is 2. The molecule has 6 heteroatoms. The number of rotatable bonds is 4. The molecule has 1 heterocycles. The highest BCUT2D eigenvalue weighted by molar-refractivity contribution is 7.89. The number of halogens is 1. The average Bonchev–Trinajstić information content (AvgIpc) is 2.44. The molecule has 1 aliphatic rings. The van der Waals surface area contributed by atoms with Crippen LogP contribution in [0.2, 0.25) is 0 Å². The molecule has 2 rings (SSSR count). The Labute approximate surface area is 120 Å². The fraction of sp³-hybridized carbons (Fsp3) is 0.571. The SMILES string of the molecule is CCS(=O)(=O)N1CCN(Cc2cccc(C)c2F)CC1. The van der Waals surface area contributed by atoms with E-state index in [9.17, 15) is 12.8 Å². The number of benzene rings is 1. The topological polar surface area (TPSA) is 40.6 Å². The molecule has 0 N–H and O–H groups in total. The Kier molecular flexibility index (Phi) is 4.78. The van der Waals surface area contributed by atoms with Gasteiger partial charge in [-0.05, 0) is 19.4 Å². The van der Waals surface area contributed by atoms with E-state index in [1.165, 1.54) is 4.31 Å². The van der Waals surface area contributed by atoms with E-state index in [0.717, 1.165) is 0 Å². The van der Waals surface area contributed by atoms with Gasteiger partial charge in [-0.3, -0.25) is 4.90 Å². The van der Waals surface area contributed by atoms with Crippen LogP contribution in [0.4, 0.5) is 4.39 Å². The van der Waals surface area contributed by atoms with Crippen molar-refractivity contribution in [2.75, 3.05) is 31.9 Å². The van der Waals surface area contributed by atoms with E-state index in [-0.39, 0.29) is 11.6 Å². The summed E-state index contributed by atoms with van der Waals surface area (Å²) in [7, 11) is -3.10. The molecular formula is C14H21FN2O2S. The van der Waals surface area contributed by atoms with Gasteiger partial charge in [-0.25, -0.2) is 12.8 Å². The van der Waals surface area contributed by atoms with Crippen molar-refractivity contribution < 1.29 is 12.8 Å². The van der Waals surface area contributed by atoms with E-state index in [1.807, 2.05) is 6.07 Å². The maximum Gasteiger partial charge on any atom is 0.213 e. The summed E-state index contributed by atoms with van der Waals surface area (Å²) in [4.78, 5) is 2.10. The Morgan fingerprint density at radius 2 is 1.85 bits per heavy atom. The van der Waals surface area contributed by atoms with Crippen molar-refractivity contribution in [1.29, 1.82) is 0 Å². The lowest BCUT2D eigenvalue weighted by Crippen LogP contribution is -2.48. The van der Waals surface area contributed by atoms with Gasteiger partial charge in [0.2, 0.25) is 10.0 Å². The third kappa shape index (κ3) is 3.37. The Morgan fingerprint density at radius 1 is 1.20 bits per heavy atom. The van der Waals surface area contributed by atoms with Gasteiger partial charge in [-0.1, -0.05) is 18.2 Å². The minimum Gasteiger partial charge on any atom is -0.296 e. The molecule has 1 aliphatic heterocycles. The lowest BCUT2D eigenvalue weighted by molar-refractivity contribution is 0.180. The van der Waals surface area contributed by atoms with Crippen LogP contribution in [0.3, 0.4) is 0 Å². The predicted molar refractivity (Wildman–Crippen MR) is 77.4 cm³/mol. The summed E-state index contributed by atoms with van der Waals surface area (Å²) in [5.74, 6) is -0.0180. The van der Waals surface area contributed by atoms with Gasteiger partial charge in [0.1, 0.15) is 5.82 Å². The Morgan fingerprint density at radius 3 is 2.45 bits per heavy atom. The van der Waals surface area contributed by atoms with Crippen molar-refractivity contribution in [2.45, 2.75) is 20.4 Å². The monoisotopic (exact) mass is 300 g/mol. The average molecular weight is 300 g/mol. The number of hydrogen-bond donors (Lipinski definition) is 0. The highest BCUT2D eigenvalue weighted by Gasteiger charge is 2.25. The summed E-state index contributed by atoms with van der Waals surface area (Å²) >= 11 is 0. The van der Waals surface area contributed by atoms with Crippen LogP contribution >= 0.6 is 0 Å². The van der Waals surface area contributed by atoms with Gasteiger partial charge in [0.15, 0.2) is 0 Å². The number of piperazine rings is 1. The minimum absolute atomic E-state index is 0.138. The van der Waals surface area contributed by atoms with Crippen LogP contribution in [-0.4, -0.2) is 49.6 Å². The predicted octanol–water partition coefficient (Wildman–Crippen LogP) is 1.60. The molecule has 0 atom stereocenters. The summed E-state index contributed by atoms with van der Waals surface area (Å²) in [5.41, 5.74) is 1.33. The van der Waals surface area contributed by atoms with E-state index in [2.05, 4.69) is 4.90 Å². The first-order valence-corrected chi connectivity index (χ1v) is 8.49. The van der Waals surface area contributed by atoms with E-state index in [1.54, 1.807) is 26.0 Å². The van der Waals surface area contributed by atoms with E-state index in [0.29, 0.717) is 43.9 Å². The van der Waals surface area contributed by atoms with Crippen LogP contribution in [0.5, 0.6) is 0 Å². The third-order valence-corrected chi connectivity index (χ3v) is 5.64. The van der Waals surface area contributed by atoms with Crippen LogP contribution in [0, 0.1) is 12.7 Å².